The molecule has 0 saturated carbocycles. The average Bonchev–Trinajstić information content (AvgIpc) is 2.76. The molecular weight excluding hydrogens is 228 g/mol. The molecule has 0 aromatic carbocycles. The van der Waals surface area contributed by atoms with Crippen LogP contribution >= 0.6 is 11.3 Å². The van der Waals surface area contributed by atoms with Crippen LogP contribution in [0.2, 0.25) is 0 Å². The van der Waals surface area contributed by atoms with E-state index in [0.29, 0.717) is 4.88 Å². The first-order chi connectivity index (χ1) is 7.59. The van der Waals surface area contributed by atoms with Gasteiger partial charge in [-0.25, -0.2) is 0 Å². The standard InChI is InChI=1S/C11H10O4S/c12-8(4-6-11(14)15)3-5-9(13)10-2-1-7-16-10/h1-3,5,7H,4,6H2,(H,14,15)/b5-3+. The highest BCUT2D eigenvalue weighted by Gasteiger charge is 2.05. The number of hydrogen-bond donors (Lipinski definition) is 1. The van der Waals surface area contributed by atoms with Gasteiger partial charge >= 0.3 is 5.97 Å². The Kier molecular flexibility index (Phi) is 4.60. The molecule has 1 N–H and O–H groups in total. The number of allylic oxidation sites excluding steroid dienone is 2. The average molecular weight is 238 g/mol. The zero-order valence-electron chi connectivity index (χ0n) is 8.38. The fourth-order valence-electron chi connectivity index (χ4n) is 0.983. The minimum Gasteiger partial charge on any atom is -0.481 e. The van der Waals surface area contributed by atoms with Gasteiger partial charge in [-0.2, -0.15) is 0 Å². The molecule has 0 saturated heterocycles. The van der Waals surface area contributed by atoms with Gasteiger partial charge in [-0.15, -0.1) is 11.3 Å². The highest BCUT2D eigenvalue weighted by molar-refractivity contribution is 7.12. The number of ketones is 2. The highest BCUT2D eigenvalue weighted by atomic mass is 32.1. The molecule has 0 unspecified atom stereocenters. The van der Waals surface area contributed by atoms with Gasteiger partial charge in [0.15, 0.2) is 11.6 Å². The van der Waals surface area contributed by atoms with Gasteiger partial charge in [-0.3, -0.25) is 14.4 Å². The number of carboxylic acid groups (broad SMARTS) is 1. The van der Waals surface area contributed by atoms with E-state index < -0.39 is 5.97 Å². The van der Waals surface area contributed by atoms with Crippen molar-refractivity contribution in [3.8, 4) is 0 Å². The Labute approximate surface area is 96.2 Å². The van der Waals surface area contributed by atoms with E-state index in [-0.39, 0.29) is 24.4 Å². The molecule has 0 spiro atoms. The first-order valence-electron chi connectivity index (χ1n) is 4.60. The first kappa shape index (κ1) is 12.3. The van der Waals surface area contributed by atoms with Crippen LogP contribution in [0.5, 0.6) is 0 Å². The molecule has 1 aromatic rings. The number of rotatable bonds is 6. The maximum Gasteiger partial charge on any atom is 0.303 e. The fourth-order valence-corrected chi connectivity index (χ4v) is 1.63. The van der Waals surface area contributed by atoms with Gasteiger partial charge in [0.05, 0.1) is 11.3 Å². The van der Waals surface area contributed by atoms with Gasteiger partial charge < -0.3 is 5.11 Å². The van der Waals surface area contributed by atoms with Crippen LogP contribution < -0.4 is 0 Å². The second-order valence-electron chi connectivity index (χ2n) is 3.03. The SMILES string of the molecule is O=C(O)CCC(=O)/C=C/C(=O)c1cccs1. The molecule has 1 heterocycles. The summed E-state index contributed by atoms with van der Waals surface area (Å²) in [7, 11) is 0. The van der Waals surface area contributed by atoms with E-state index in [0.717, 1.165) is 6.08 Å². The molecule has 84 valence electrons. The van der Waals surface area contributed by atoms with E-state index in [4.69, 9.17) is 5.11 Å². The maximum atomic E-state index is 11.4. The molecule has 0 fully saturated rings. The van der Waals surface area contributed by atoms with E-state index in [9.17, 15) is 14.4 Å². The van der Waals surface area contributed by atoms with Crippen LogP contribution in [0.3, 0.4) is 0 Å². The fraction of sp³-hybridized carbons (Fsp3) is 0.182. The molecular formula is C11H10O4S. The van der Waals surface area contributed by atoms with Crippen molar-refractivity contribution in [2.75, 3.05) is 0 Å². The van der Waals surface area contributed by atoms with Crippen LogP contribution in [0.25, 0.3) is 0 Å². The maximum absolute atomic E-state index is 11.4. The zero-order chi connectivity index (χ0) is 12.0. The Hall–Kier alpha value is -1.75. The van der Waals surface area contributed by atoms with Gasteiger partial charge in [0.1, 0.15) is 0 Å². The number of thiophene rings is 1. The third kappa shape index (κ3) is 4.18. The van der Waals surface area contributed by atoms with E-state index >= 15 is 0 Å². The molecule has 0 radical (unpaired) electrons. The molecule has 1 rings (SSSR count). The summed E-state index contributed by atoms with van der Waals surface area (Å²) in [5.41, 5.74) is 0. The van der Waals surface area contributed by atoms with Crippen molar-refractivity contribution >= 4 is 28.9 Å². The second-order valence-corrected chi connectivity index (χ2v) is 3.98. The summed E-state index contributed by atoms with van der Waals surface area (Å²) in [6, 6.07) is 3.41. The molecule has 0 bridgehead atoms. The third-order valence-corrected chi connectivity index (χ3v) is 2.65. The summed E-state index contributed by atoms with van der Waals surface area (Å²) in [4.78, 5) is 33.3. The number of carbonyl (C=O) groups excluding carboxylic acids is 2. The summed E-state index contributed by atoms with van der Waals surface area (Å²) >= 11 is 1.29. The van der Waals surface area contributed by atoms with Crippen molar-refractivity contribution in [3.05, 3.63) is 34.5 Å². The van der Waals surface area contributed by atoms with Gasteiger partial charge in [0, 0.05) is 6.42 Å². The van der Waals surface area contributed by atoms with Crippen molar-refractivity contribution in [3.63, 3.8) is 0 Å². The molecule has 0 aliphatic heterocycles. The third-order valence-electron chi connectivity index (χ3n) is 1.77. The summed E-state index contributed by atoms with van der Waals surface area (Å²) in [5, 5.41) is 10.1. The van der Waals surface area contributed by atoms with Gasteiger partial charge in [-0.1, -0.05) is 6.07 Å². The normalized spacial score (nSPS) is 10.5. The monoisotopic (exact) mass is 238 g/mol. The highest BCUT2D eigenvalue weighted by Crippen LogP contribution is 2.09. The number of aliphatic carboxylic acids is 1. The van der Waals surface area contributed by atoms with Crippen LogP contribution in [-0.4, -0.2) is 22.6 Å². The Morgan fingerprint density at radius 2 is 2.00 bits per heavy atom. The minimum absolute atomic E-state index is 0.0798. The van der Waals surface area contributed by atoms with Crippen LogP contribution in [0, 0.1) is 0 Å². The van der Waals surface area contributed by atoms with Crippen LogP contribution in [0.15, 0.2) is 29.7 Å². The van der Waals surface area contributed by atoms with Crippen LogP contribution in [0.1, 0.15) is 22.5 Å². The molecule has 16 heavy (non-hydrogen) atoms. The van der Waals surface area contributed by atoms with E-state index in [2.05, 4.69) is 0 Å². The molecule has 0 atom stereocenters. The summed E-state index contributed by atoms with van der Waals surface area (Å²) < 4.78 is 0. The summed E-state index contributed by atoms with van der Waals surface area (Å²) in [6.45, 7) is 0. The molecule has 0 aliphatic carbocycles. The lowest BCUT2D eigenvalue weighted by Gasteiger charge is -1.91. The van der Waals surface area contributed by atoms with Crippen molar-refractivity contribution in [1.29, 1.82) is 0 Å². The molecule has 0 aliphatic rings. The summed E-state index contributed by atoms with van der Waals surface area (Å²) in [5.74, 6) is -1.61. The quantitative estimate of drug-likeness (QED) is 0.607. The zero-order valence-corrected chi connectivity index (χ0v) is 9.20. The molecule has 5 heteroatoms. The number of carboxylic acids is 1. The second kappa shape index (κ2) is 5.97. The van der Waals surface area contributed by atoms with Gasteiger partial charge in [0.2, 0.25) is 0 Å². The Bertz CT molecular complexity index is 417. The lowest BCUT2D eigenvalue weighted by atomic mass is 10.2. The van der Waals surface area contributed by atoms with E-state index in [1.165, 1.54) is 17.4 Å². The Morgan fingerprint density at radius 3 is 2.56 bits per heavy atom. The predicted octanol–water partition coefficient (Wildman–Crippen LogP) is 1.92. The van der Waals surface area contributed by atoms with E-state index in [1.807, 2.05) is 0 Å². The Morgan fingerprint density at radius 1 is 1.25 bits per heavy atom. The minimum atomic E-state index is -1.02. The lowest BCUT2D eigenvalue weighted by molar-refractivity contribution is -0.138. The largest absolute Gasteiger partial charge is 0.481 e. The van der Waals surface area contributed by atoms with Crippen LogP contribution in [0.4, 0.5) is 0 Å². The molecule has 1 aromatic heterocycles. The predicted molar refractivity (Wildman–Crippen MR) is 59.7 cm³/mol. The van der Waals surface area contributed by atoms with Crippen molar-refractivity contribution < 1.29 is 19.5 Å². The number of hydrogen-bond acceptors (Lipinski definition) is 4. The van der Waals surface area contributed by atoms with Crippen LogP contribution in [-0.2, 0) is 9.59 Å². The van der Waals surface area contributed by atoms with Crippen molar-refractivity contribution in [1.82, 2.24) is 0 Å². The Balaban J connectivity index is 2.45. The van der Waals surface area contributed by atoms with Gasteiger partial charge in [-0.05, 0) is 23.6 Å². The van der Waals surface area contributed by atoms with Crippen molar-refractivity contribution in [2.45, 2.75) is 12.8 Å². The molecule has 4 nitrogen and oxygen atoms in total. The topological polar surface area (TPSA) is 71.4 Å². The smallest absolute Gasteiger partial charge is 0.303 e. The lowest BCUT2D eigenvalue weighted by Crippen LogP contribution is -2.01. The molecule has 0 amide bonds. The summed E-state index contributed by atoms with van der Waals surface area (Å²) in [6.07, 6.45) is 2.01. The van der Waals surface area contributed by atoms with Gasteiger partial charge in [0.25, 0.3) is 0 Å². The number of carbonyl (C=O) groups is 3. The van der Waals surface area contributed by atoms with E-state index in [1.54, 1.807) is 17.5 Å². The first-order valence-corrected chi connectivity index (χ1v) is 5.48. The van der Waals surface area contributed by atoms with Crippen molar-refractivity contribution in [2.24, 2.45) is 0 Å².